The smallest absolute Gasteiger partial charge is 0.234 e. The van der Waals surface area contributed by atoms with Crippen molar-refractivity contribution in [1.29, 1.82) is 0 Å². The van der Waals surface area contributed by atoms with E-state index in [4.69, 9.17) is 16.0 Å². The molecule has 0 fully saturated rings. The van der Waals surface area contributed by atoms with E-state index >= 15 is 0 Å². The number of benzene rings is 1. The van der Waals surface area contributed by atoms with Gasteiger partial charge in [-0.05, 0) is 24.1 Å². The Bertz CT molecular complexity index is 379. The number of likely N-dealkylation sites (N-methyl/N-ethyl adjacent to an activating group) is 1. The van der Waals surface area contributed by atoms with Gasteiger partial charge in [-0.3, -0.25) is 4.79 Å². The lowest BCUT2D eigenvalue weighted by Gasteiger charge is -2.16. The Morgan fingerprint density at radius 2 is 2.06 bits per heavy atom. The number of phenolic OH excluding ortho intramolecular Hbond substituents is 1. The van der Waals surface area contributed by atoms with Gasteiger partial charge in [-0.2, -0.15) is 5.06 Å². The predicted molar refractivity (Wildman–Crippen MR) is 67.2 cm³/mol. The second-order valence-electron chi connectivity index (χ2n) is 4.16. The Hall–Kier alpha value is -1.63. The minimum absolute atomic E-state index is 0.184. The van der Waals surface area contributed by atoms with Crippen LogP contribution in [0.4, 0.5) is 0 Å². The van der Waals surface area contributed by atoms with Crippen molar-refractivity contribution in [3.8, 4) is 5.75 Å². The predicted octanol–water partition coefficient (Wildman–Crippen LogP) is -0.301. The number of primary amides is 1. The van der Waals surface area contributed by atoms with Crippen molar-refractivity contribution in [2.45, 2.75) is 12.5 Å². The molecular weight excluding hydrogens is 234 g/mol. The maximum atomic E-state index is 11.3. The highest BCUT2D eigenvalue weighted by molar-refractivity contribution is 5.80. The van der Waals surface area contributed by atoms with Gasteiger partial charge >= 0.3 is 0 Å². The largest absolute Gasteiger partial charge is 0.508 e. The molecule has 0 heterocycles. The summed E-state index contributed by atoms with van der Waals surface area (Å²) in [5.74, 6) is -0.257. The number of hydrogen-bond donors (Lipinski definition) is 4. The van der Waals surface area contributed by atoms with Crippen LogP contribution in [0.25, 0.3) is 0 Å². The van der Waals surface area contributed by atoms with Crippen molar-refractivity contribution in [3.63, 3.8) is 0 Å². The van der Waals surface area contributed by atoms with Crippen LogP contribution in [0.15, 0.2) is 24.3 Å². The number of nitrogens with two attached hydrogens (primary N) is 1. The van der Waals surface area contributed by atoms with E-state index in [1.165, 1.54) is 7.05 Å². The summed E-state index contributed by atoms with van der Waals surface area (Å²) in [6.07, 6.45) is 0.449. The second kappa shape index (κ2) is 6.95. The third kappa shape index (κ3) is 5.13. The first-order valence-electron chi connectivity index (χ1n) is 5.69. The molecule has 18 heavy (non-hydrogen) atoms. The first-order valence-corrected chi connectivity index (χ1v) is 5.69. The van der Waals surface area contributed by atoms with E-state index in [-0.39, 0.29) is 5.75 Å². The lowest BCUT2D eigenvalue weighted by Crippen LogP contribution is -2.45. The Morgan fingerprint density at radius 3 is 2.56 bits per heavy atom. The van der Waals surface area contributed by atoms with Crippen LogP contribution in [0.2, 0.25) is 0 Å². The molecule has 0 spiro atoms. The van der Waals surface area contributed by atoms with E-state index in [1.807, 2.05) is 0 Å². The summed E-state index contributed by atoms with van der Waals surface area (Å²) in [5, 5.41) is 22.1. The minimum atomic E-state index is -0.491. The van der Waals surface area contributed by atoms with Gasteiger partial charge in [-0.1, -0.05) is 12.1 Å². The summed E-state index contributed by atoms with van der Waals surface area (Å²) in [6.45, 7) is 0.859. The second-order valence-corrected chi connectivity index (χ2v) is 4.16. The molecule has 1 aromatic rings. The lowest BCUT2D eigenvalue weighted by molar-refractivity contribution is -0.120. The molecule has 100 valence electrons. The van der Waals surface area contributed by atoms with Crippen molar-refractivity contribution in [2.24, 2.45) is 5.73 Å². The van der Waals surface area contributed by atoms with Crippen LogP contribution < -0.4 is 11.1 Å². The van der Waals surface area contributed by atoms with Gasteiger partial charge in [0.25, 0.3) is 0 Å². The van der Waals surface area contributed by atoms with E-state index in [0.717, 1.165) is 10.6 Å². The SMILES string of the molecule is CN(O)CCNC(Cc1ccc(O)cc1)C(N)=O. The molecule has 1 amide bonds. The fourth-order valence-corrected chi connectivity index (χ4v) is 1.54. The molecule has 0 aliphatic rings. The highest BCUT2D eigenvalue weighted by Gasteiger charge is 2.15. The average Bonchev–Trinajstić information content (AvgIpc) is 2.30. The van der Waals surface area contributed by atoms with Crippen molar-refractivity contribution in [1.82, 2.24) is 10.4 Å². The molecule has 1 aromatic carbocycles. The Balaban J connectivity index is 2.52. The number of hydroxylamine groups is 2. The van der Waals surface area contributed by atoms with Crippen LogP contribution in [0.5, 0.6) is 5.75 Å². The van der Waals surface area contributed by atoms with Crippen molar-refractivity contribution in [3.05, 3.63) is 29.8 Å². The average molecular weight is 253 g/mol. The molecular formula is C12H19N3O3. The van der Waals surface area contributed by atoms with Crippen molar-refractivity contribution < 1.29 is 15.1 Å². The van der Waals surface area contributed by atoms with Crippen LogP contribution in [-0.4, -0.2) is 47.5 Å². The third-order valence-corrected chi connectivity index (χ3v) is 2.55. The molecule has 0 aromatic heterocycles. The molecule has 5 N–H and O–H groups in total. The molecule has 6 heteroatoms. The zero-order valence-electron chi connectivity index (χ0n) is 10.3. The fraction of sp³-hybridized carbons (Fsp3) is 0.417. The highest BCUT2D eigenvalue weighted by atomic mass is 16.5. The van der Waals surface area contributed by atoms with Crippen LogP contribution in [0, 0.1) is 0 Å². The number of rotatable bonds is 7. The molecule has 0 aliphatic heterocycles. The third-order valence-electron chi connectivity index (χ3n) is 2.55. The number of amides is 1. The number of carbonyl (C=O) groups excluding carboxylic acids is 1. The molecule has 0 radical (unpaired) electrons. The monoisotopic (exact) mass is 253 g/mol. The molecule has 6 nitrogen and oxygen atoms in total. The summed E-state index contributed by atoms with van der Waals surface area (Å²) in [4.78, 5) is 11.3. The van der Waals surface area contributed by atoms with Gasteiger partial charge in [0, 0.05) is 20.1 Å². The minimum Gasteiger partial charge on any atom is -0.508 e. The zero-order valence-corrected chi connectivity index (χ0v) is 10.3. The topological polar surface area (TPSA) is 98.8 Å². The standard InChI is InChI=1S/C12H19N3O3/c1-15(18)7-6-14-11(12(13)17)8-9-2-4-10(16)5-3-9/h2-5,11,14,16,18H,6-8H2,1H3,(H2,13,17). The Kier molecular flexibility index (Phi) is 5.57. The summed E-state index contributed by atoms with van der Waals surface area (Å²) >= 11 is 0. The number of nitrogens with one attached hydrogen (secondary N) is 1. The van der Waals surface area contributed by atoms with Gasteiger partial charge in [-0.15, -0.1) is 0 Å². The van der Waals surface area contributed by atoms with E-state index < -0.39 is 11.9 Å². The summed E-state index contributed by atoms with van der Waals surface area (Å²) in [5.41, 5.74) is 6.21. The number of carbonyl (C=O) groups is 1. The van der Waals surface area contributed by atoms with Crippen LogP contribution in [0.3, 0.4) is 0 Å². The molecule has 1 rings (SSSR count). The zero-order chi connectivity index (χ0) is 13.5. The normalized spacial score (nSPS) is 12.6. The molecule has 0 bridgehead atoms. The number of phenols is 1. The number of nitrogens with zero attached hydrogens (tertiary/aromatic N) is 1. The molecule has 0 saturated carbocycles. The van der Waals surface area contributed by atoms with Crippen molar-refractivity contribution >= 4 is 5.91 Å². The molecule has 0 aliphatic carbocycles. The van der Waals surface area contributed by atoms with Gasteiger partial charge in [0.2, 0.25) is 5.91 Å². The van der Waals surface area contributed by atoms with Crippen LogP contribution in [0.1, 0.15) is 5.56 Å². The van der Waals surface area contributed by atoms with Gasteiger partial charge in [0.15, 0.2) is 0 Å². The summed E-state index contributed by atoms with van der Waals surface area (Å²) in [6, 6.07) is 6.12. The van der Waals surface area contributed by atoms with Crippen molar-refractivity contribution in [2.75, 3.05) is 20.1 Å². The molecule has 1 unspecified atom stereocenters. The summed E-state index contributed by atoms with van der Waals surface area (Å²) in [7, 11) is 1.53. The Morgan fingerprint density at radius 1 is 1.44 bits per heavy atom. The lowest BCUT2D eigenvalue weighted by atomic mass is 10.1. The fourth-order valence-electron chi connectivity index (χ4n) is 1.54. The maximum Gasteiger partial charge on any atom is 0.234 e. The number of aromatic hydroxyl groups is 1. The van der Waals surface area contributed by atoms with E-state index in [2.05, 4.69) is 5.32 Å². The van der Waals surface area contributed by atoms with Gasteiger partial charge in [0.1, 0.15) is 5.75 Å². The van der Waals surface area contributed by atoms with E-state index in [9.17, 15) is 4.79 Å². The van der Waals surface area contributed by atoms with Gasteiger partial charge in [-0.25, -0.2) is 0 Å². The van der Waals surface area contributed by atoms with E-state index in [1.54, 1.807) is 24.3 Å². The van der Waals surface area contributed by atoms with E-state index in [0.29, 0.717) is 19.5 Å². The quantitative estimate of drug-likeness (QED) is 0.500. The first-order chi connectivity index (χ1) is 8.49. The summed E-state index contributed by atoms with van der Waals surface area (Å²) < 4.78 is 0. The Labute approximate surface area is 106 Å². The number of hydrogen-bond acceptors (Lipinski definition) is 5. The molecule has 1 atom stereocenters. The van der Waals surface area contributed by atoms with Gasteiger partial charge in [0.05, 0.1) is 6.04 Å². The van der Waals surface area contributed by atoms with Crippen LogP contribution in [-0.2, 0) is 11.2 Å². The molecule has 0 saturated heterocycles. The van der Waals surface area contributed by atoms with Crippen LogP contribution >= 0.6 is 0 Å². The maximum absolute atomic E-state index is 11.3. The van der Waals surface area contributed by atoms with Gasteiger partial charge < -0.3 is 21.4 Å². The first kappa shape index (κ1) is 14.4. The highest BCUT2D eigenvalue weighted by Crippen LogP contribution is 2.11.